The van der Waals surface area contributed by atoms with Crippen LogP contribution in [0.2, 0.25) is 0 Å². The number of carbonyl (C=O) groups is 1. The number of benzene rings is 1. The standard InChI is InChI=1S/C20H28N6O/c1-16-5-2-3-6-17(16)19-7-4-10-26(19)20(27)18-15-25(23-22-18)14-13-24-11-8-21-9-12-24/h2-3,5-6,15,19,21H,4,7-14H2,1H3/t19-/m1/s1. The largest absolute Gasteiger partial charge is 0.330 e. The highest BCUT2D eigenvalue weighted by Gasteiger charge is 2.32. The second-order valence-corrected chi connectivity index (χ2v) is 7.47. The zero-order valence-electron chi connectivity index (χ0n) is 16.0. The maximum atomic E-state index is 13.1. The molecule has 0 radical (unpaired) electrons. The first-order valence-electron chi connectivity index (χ1n) is 9.92. The molecular formula is C20H28N6O. The maximum absolute atomic E-state index is 13.1. The third-order valence-electron chi connectivity index (χ3n) is 5.67. The van der Waals surface area contributed by atoms with Gasteiger partial charge in [-0.1, -0.05) is 29.5 Å². The molecular weight excluding hydrogens is 340 g/mol. The number of amides is 1. The summed E-state index contributed by atoms with van der Waals surface area (Å²) >= 11 is 0. The van der Waals surface area contributed by atoms with Crippen LogP contribution in [0.15, 0.2) is 30.5 Å². The molecule has 7 nitrogen and oxygen atoms in total. The molecule has 2 saturated heterocycles. The van der Waals surface area contributed by atoms with Gasteiger partial charge in [0.15, 0.2) is 5.69 Å². The summed E-state index contributed by atoms with van der Waals surface area (Å²) in [5.74, 6) is -0.00539. The monoisotopic (exact) mass is 368 g/mol. The van der Waals surface area contributed by atoms with Gasteiger partial charge in [0, 0.05) is 39.3 Å². The zero-order chi connectivity index (χ0) is 18.6. The minimum Gasteiger partial charge on any atom is -0.330 e. The molecule has 0 aliphatic carbocycles. The van der Waals surface area contributed by atoms with Crippen LogP contribution < -0.4 is 5.32 Å². The first kappa shape index (κ1) is 18.1. The van der Waals surface area contributed by atoms with Crippen LogP contribution in [0, 0.1) is 6.92 Å². The molecule has 1 atom stereocenters. The molecule has 2 fully saturated rings. The molecule has 1 aromatic carbocycles. The van der Waals surface area contributed by atoms with Gasteiger partial charge in [-0.25, -0.2) is 0 Å². The lowest BCUT2D eigenvalue weighted by Gasteiger charge is -2.26. The number of rotatable bonds is 5. The molecule has 2 aromatic rings. The zero-order valence-corrected chi connectivity index (χ0v) is 16.0. The van der Waals surface area contributed by atoms with Crippen LogP contribution >= 0.6 is 0 Å². The number of aryl methyl sites for hydroxylation is 1. The molecule has 0 unspecified atom stereocenters. The van der Waals surface area contributed by atoms with E-state index in [9.17, 15) is 4.79 Å². The normalized spacial score (nSPS) is 20.9. The Kier molecular flexibility index (Phi) is 5.50. The van der Waals surface area contributed by atoms with Crippen LogP contribution in [0.5, 0.6) is 0 Å². The van der Waals surface area contributed by atoms with Crippen LogP contribution in [0.3, 0.4) is 0 Å². The Hall–Kier alpha value is -2.25. The molecule has 1 aromatic heterocycles. The Morgan fingerprint density at radius 1 is 1.19 bits per heavy atom. The SMILES string of the molecule is Cc1ccccc1[C@H]1CCCN1C(=O)c1cn(CCN2CCNCC2)nn1. The lowest BCUT2D eigenvalue weighted by molar-refractivity contribution is 0.0729. The van der Waals surface area contributed by atoms with Gasteiger partial charge in [-0.3, -0.25) is 14.4 Å². The summed E-state index contributed by atoms with van der Waals surface area (Å²) in [4.78, 5) is 17.4. The number of hydrogen-bond donors (Lipinski definition) is 1. The second-order valence-electron chi connectivity index (χ2n) is 7.47. The van der Waals surface area contributed by atoms with E-state index >= 15 is 0 Å². The van der Waals surface area contributed by atoms with Crippen LogP contribution in [-0.4, -0.2) is 70.0 Å². The minimum absolute atomic E-state index is 0.00539. The van der Waals surface area contributed by atoms with E-state index in [1.165, 1.54) is 11.1 Å². The number of aromatic nitrogens is 3. The van der Waals surface area contributed by atoms with E-state index in [1.54, 1.807) is 10.9 Å². The van der Waals surface area contributed by atoms with Crippen LogP contribution in [-0.2, 0) is 6.54 Å². The predicted molar refractivity (Wildman–Crippen MR) is 104 cm³/mol. The second kappa shape index (κ2) is 8.19. The van der Waals surface area contributed by atoms with E-state index in [0.29, 0.717) is 5.69 Å². The number of likely N-dealkylation sites (tertiary alicyclic amines) is 1. The van der Waals surface area contributed by atoms with Crippen molar-refractivity contribution < 1.29 is 4.79 Å². The molecule has 1 amide bonds. The predicted octanol–water partition coefficient (Wildman–Crippen LogP) is 1.47. The number of nitrogens with zero attached hydrogens (tertiary/aromatic N) is 5. The summed E-state index contributed by atoms with van der Waals surface area (Å²) < 4.78 is 1.80. The van der Waals surface area contributed by atoms with Crippen molar-refractivity contribution in [3.05, 3.63) is 47.3 Å². The molecule has 7 heteroatoms. The van der Waals surface area contributed by atoms with Gasteiger partial charge >= 0.3 is 0 Å². The molecule has 0 spiro atoms. The summed E-state index contributed by atoms with van der Waals surface area (Å²) in [6, 6.07) is 8.49. The van der Waals surface area contributed by atoms with Crippen molar-refractivity contribution in [1.29, 1.82) is 0 Å². The van der Waals surface area contributed by atoms with E-state index in [1.807, 2.05) is 11.0 Å². The van der Waals surface area contributed by atoms with E-state index in [2.05, 4.69) is 45.7 Å². The summed E-state index contributed by atoms with van der Waals surface area (Å²) in [6.45, 7) is 8.80. The van der Waals surface area contributed by atoms with Crippen molar-refractivity contribution in [2.24, 2.45) is 0 Å². The third kappa shape index (κ3) is 4.04. The fraction of sp³-hybridized carbons (Fsp3) is 0.550. The van der Waals surface area contributed by atoms with E-state index in [-0.39, 0.29) is 11.9 Å². The molecule has 2 aliphatic rings. The van der Waals surface area contributed by atoms with Gasteiger partial charge in [0.25, 0.3) is 5.91 Å². The van der Waals surface area contributed by atoms with Crippen molar-refractivity contribution in [3.63, 3.8) is 0 Å². The highest BCUT2D eigenvalue weighted by Crippen LogP contribution is 2.34. The smallest absolute Gasteiger partial charge is 0.276 e. The molecule has 144 valence electrons. The van der Waals surface area contributed by atoms with Crippen molar-refractivity contribution in [2.75, 3.05) is 39.3 Å². The highest BCUT2D eigenvalue weighted by molar-refractivity contribution is 5.92. The Labute approximate surface area is 160 Å². The quantitative estimate of drug-likeness (QED) is 0.866. The Balaban J connectivity index is 1.41. The summed E-state index contributed by atoms with van der Waals surface area (Å²) in [6.07, 6.45) is 3.84. The first-order chi connectivity index (χ1) is 13.2. The number of piperazine rings is 1. The van der Waals surface area contributed by atoms with Crippen molar-refractivity contribution >= 4 is 5.91 Å². The third-order valence-corrected chi connectivity index (χ3v) is 5.67. The van der Waals surface area contributed by atoms with Crippen LogP contribution in [0.1, 0.15) is 40.5 Å². The van der Waals surface area contributed by atoms with Gasteiger partial charge in [0.05, 0.1) is 18.8 Å². The Morgan fingerprint density at radius 2 is 2.00 bits per heavy atom. The molecule has 1 N–H and O–H groups in total. The van der Waals surface area contributed by atoms with Gasteiger partial charge in [-0.15, -0.1) is 5.10 Å². The number of carbonyl (C=O) groups excluding carboxylic acids is 1. The van der Waals surface area contributed by atoms with Crippen LogP contribution in [0.4, 0.5) is 0 Å². The van der Waals surface area contributed by atoms with Crippen LogP contribution in [0.25, 0.3) is 0 Å². The first-order valence-corrected chi connectivity index (χ1v) is 9.92. The lowest BCUT2D eigenvalue weighted by atomic mass is 9.99. The number of nitrogens with one attached hydrogen (secondary N) is 1. The van der Waals surface area contributed by atoms with E-state index < -0.39 is 0 Å². The molecule has 4 rings (SSSR count). The average molecular weight is 368 g/mol. The van der Waals surface area contributed by atoms with Gasteiger partial charge in [-0.05, 0) is 30.9 Å². The fourth-order valence-electron chi connectivity index (χ4n) is 4.13. The van der Waals surface area contributed by atoms with Crippen molar-refractivity contribution in [2.45, 2.75) is 32.4 Å². The van der Waals surface area contributed by atoms with E-state index in [4.69, 9.17) is 0 Å². The summed E-state index contributed by atoms with van der Waals surface area (Å²) in [5, 5.41) is 11.7. The molecule has 2 aliphatic heterocycles. The average Bonchev–Trinajstić information content (AvgIpc) is 3.37. The molecule has 3 heterocycles. The summed E-state index contributed by atoms with van der Waals surface area (Å²) in [5.41, 5.74) is 2.94. The topological polar surface area (TPSA) is 66.3 Å². The Morgan fingerprint density at radius 3 is 2.81 bits per heavy atom. The maximum Gasteiger partial charge on any atom is 0.276 e. The summed E-state index contributed by atoms with van der Waals surface area (Å²) in [7, 11) is 0. The number of hydrogen-bond acceptors (Lipinski definition) is 5. The lowest BCUT2D eigenvalue weighted by Crippen LogP contribution is -2.44. The highest BCUT2D eigenvalue weighted by atomic mass is 16.2. The van der Waals surface area contributed by atoms with Gasteiger partial charge in [0.2, 0.25) is 0 Å². The van der Waals surface area contributed by atoms with Gasteiger partial charge in [-0.2, -0.15) is 0 Å². The molecule has 27 heavy (non-hydrogen) atoms. The molecule has 0 saturated carbocycles. The fourth-order valence-corrected chi connectivity index (χ4v) is 4.13. The van der Waals surface area contributed by atoms with Gasteiger partial charge in [0.1, 0.15) is 0 Å². The van der Waals surface area contributed by atoms with Gasteiger partial charge < -0.3 is 10.2 Å². The minimum atomic E-state index is -0.00539. The van der Waals surface area contributed by atoms with Crippen molar-refractivity contribution in [1.82, 2.24) is 30.1 Å². The van der Waals surface area contributed by atoms with Crippen molar-refractivity contribution in [3.8, 4) is 0 Å². The van der Waals surface area contributed by atoms with E-state index in [0.717, 1.165) is 58.7 Å². The molecule has 0 bridgehead atoms. The Bertz CT molecular complexity index is 782.